The largest absolute Gasteiger partial charge is 0.458 e. The fourth-order valence-electron chi connectivity index (χ4n) is 9.49. The van der Waals surface area contributed by atoms with Crippen LogP contribution in [0.4, 0.5) is 0 Å². The molecular formula is C65H47N5O. The van der Waals surface area contributed by atoms with Crippen molar-refractivity contribution in [1.29, 1.82) is 5.26 Å². The summed E-state index contributed by atoms with van der Waals surface area (Å²) >= 11 is 0. The monoisotopic (exact) mass is 923 g/mol. The Kier molecular flexibility index (Phi) is 8.26. The van der Waals surface area contributed by atoms with Crippen molar-refractivity contribution in [3.63, 3.8) is 0 Å². The van der Waals surface area contributed by atoms with Gasteiger partial charge in [0.2, 0.25) is 0 Å². The fourth-order valence-corrected chi connectivity index (χ4v) is 9.49. The maximum atomic E-state index is 10.3. The van der Waals surface area contributed by atoms with Gasteiger partial charge < -0.3 is 4.74 Å². The van der Waals surface area contributed by atoms with E-state index in [0.29, 0.717) is 39.3 Å². The second kappa shape index (κ2) is 17.6. The summed E-state index contributed by atoms with van der Waals surface area (Å²) in [4.78, 5) is 4.89. The number of hydrogen-bond acceptors (Lipinski definition) is 3. The third kappa shape index (κ3) is 7.80. The topological polar surface area (TPSA) is 59.6 Å². The first kappa shape index (κ1) is 33.2. The standard InChI is InChI=1S/C65H47N5O/c1-65(2,3)48-35-36-67-63(39-48)70-59-30-15-14-27-57(59)58-34-33-50(41-62(58)70)71-51-38-47(53-25-12-13-26-56(53)52-24-11-10-23-46(52)42-66)37-49(40-51)68-43-69(61-32-17-16-31-60(61)68)64-54(44-19-6-4-7-20-44)28-18-29-55(64)45-21-8-5-9-22-45/h4-41H,1-3H3/i4D,5D,6D,7D,8D,9D,19D,20D,21D,22D. The Morgan fingerprint density at radius 2 is 1.20 bits per heavy atom. The SMILES string of the molecule is [2H]c1c([2H])c([2H])c(-c2cccc(-c3c([2H])c([2H])c([2H])c([2H])c3[2H])c2-[n+]2[c-]n(-c3cc(Oc4ccc5c6ccccc6n(-c6cc(C(C)(C)C)ccn6)c5c4)cc(-c4ccccc4-c4ccccc4C#N)c3)c3ccccc32)c([2H])c1[2H]. The highest BCUT2D eigenvalue weighted by atomic mass is 16.5. The Labute approximate surface area is 427 Å². The van der Waals surface area contributed by atoms with Crippen LogP contribution in [0.15, 0.2) is 230 Å². The van der Waals surface area contributed by atoms with E-state index in [1.165, 1.54) is 0 Å². The van der Waals surface area contributed by atoms with Gasteiger partial charge in [0.25, 0.3) is 6.33 Å². The number of ether oxygens (including phenoxy) is 1. The Hall–Kier alpha value is -9.31. The second-order valence-corrected chi connectivity index (χ2v) is 18.2. The molecule has 0 aliphatic rings. The smallest absolute Gasteiger partial charge is 0.269 e. The molecule has 6 nitrogen and oxygen atoms in total. The molecule has 3 heterocycles. The van der Waals surface area contributed by atoms with Crippen LogP contribution in [0.5, 0.6) is 11.5 Å². The van der Waals surface area contributed by atoms with Gasteiger partial charge in [-0.15, -0.1) is 0 Å². The van der Waals surface area contributed by atoms with Gasteiger partial charge in [-0.2, -0.15) is 5.26 Å². The molecule has 338 valence electrons. The van der Waals surface area contributed by atoms with Crippen molar-refractivity contribution in [2.24, 2.45) is 0 Å². The molecule has 12 aromatic rings. The van der Waals surface area contributed by atoms with E-state index in [1.807, 2.05) is 128 Å². The number of benzene rings is 9. The van der Waals surface area contributed by atoms with Crippen LogP contribution in [-0.2, 0) is 5.41 Å². The van der Waals surface area contributed by atoms with Gasteiger partial charge in [-0.3, -0.25) is 13.7 Å². The molecule has 0 bridgehead atoms. The molecule has 0 saturated carbocycles. The maximum absolute atomic E-state index is 10.3. The van der Waals surface area contributed by atoms with Crippen LogP contribution in [0.3, 0.4) is 0 Å². The number of aromatic nitrogens is 4. The van der Waals surface area contributed by atoms with E-state index in [4.69, 9.17) is 17.9 Å². The molecule has 0 aliphatic carbocycles. The van der Waals surface area contributed by atoms with Crippen molar-refractivity contribution in [3.05, 3.63) is 248 Å². The van der Waals surface area contributed by atoms with Gasteiger partial charge in [0.15, 0.2) is 0 Å². The van der Waals surface area contributed by atoms with E-state index < -0.39 is 60.4 Å². The highest BCUT2D eigenvalue weighted by Gasteiger charge is 2.23. The van der Waals surface area contributed by atoms with Crippen LogP contribution in [-0.4, -0.2) is 14.1 Å². The summed E-state index contributed by atoms with van der Waals surface area (Å²) in [5.41, 5.74) is 8.05. The first-order valence-electron chi connectivity index (χ1n) is 28.1. The van der Waals surface area contributed by atoms with E-state index >= 15 is 0 Å². The van der Waals surface area contributed by atoms with Crippen LogP contribution >= 0.6 is 0 Å². The van der Waals surface area contributed by atoms with Crippen LogP contribution in [0.2, 0.25) is 0 Å². The van der Waals surface area contributed by atoms with Crippen LogP contribution in [0, 0.1) is 17.7 Å². The van der Waals surface area contributed by atoms with Crippen molar-refractivity contribution in [2.75, 3.05) is 0 Å². The van der Waals surface area contributed by atoms with E-state index in [9.17, 15) is 10.7 Å². The molecule has 0 spiro atoms. The lowest BCUT2D eigenvalue weighted by atomic mass is 9.88. The van der Waals surface area contributed by atoms with Crippen LogP contribution < -0.4 is 9.30 Å². The zero-order valence-electron chi connectivity index (χ0n) is 48.8. The molecule has 12 rings (SSSR count). The summed E-state index contributed by atoms with van der Waals surface area (Å²) in [7, 11) is 0. The fraction of sp³-hybridized carbons (Fsp3) is 0.0615. The van der Waals surface area contributed by atoms with Crippen molar-refractivity contribution in [2.45, 2.75) is 26.2 Å². The predicted octanol–water partition coefficient (Wildman–Crippen LogP) is 15.8. The van der Waals surface area contributed by atoms with Crippen molar-refractivity contribution >= 4 is 32.8 Å². The van der Waals surface area contributed by atoms with Gasteiger partial charge in [0.1, 0.15) is 17.3 Å². The molecule has 3 aromatic heterocycles. The molecule has 0 fully saturated rings. The lowest BCUT2D eigenvalue weighted by Gasteiger charge is -2.20. The zero-order valence-corrected chi connectivity index (χ0v) is 38.8. The highest BCUT2D eigenvalue weighted by Crippen LogP contribution is 2.41. The minimum Gasteiger partial charge on any atom is -0.458 e. The van der Waals surface area contributed by atoms with Gasteiger partial charge in [-0.25, -0.2) is 4.98 Å². The Morgan fingerprint density at radius 1 is 0.563 bits per heavy atom. The van der Waals surface area contributed by atoms with Gasteiger partial charge in [0, 0.05) is 28.6 Å². The average molecular weight is 924 g/mol. The number of imidazole rings is 1. The number of fused-ring (bicyclic) bond motifs is 4. The number of para-hydroxylation sites is 4. The second-order valence-electron chi connectivity index (χ2n) is 18.2. The van der Waals surface area contributed by atoms with Gasteiger partial charge in [0.05, 0.1) is 58.8 Å². The molecular weight excluding hydrogens is 867 g/mol. The van der Waals surface area contributed by atoms with E-state index in [2.05, 4.69) is 55.9 Å². The molecule has 0 saturated heterocycles. The Bertz CT molecular complexity index is 4500. The first-order valence-corrected chi connectivity index (χ1v) is 23.1. The van der Waals surface area contributed by atoms with Crippen molar-refractivity contribution < 1.29 is 23.0 Å². The van der Waals surface area contributed by atoms with E-state index in [-0.39, 0.29) is 33.4 Å². The minimum atomic E-state index is -0.589. The maximum Gasteiger partial charge on any atom is 0.269 e. The van der Waals surface area contributed by atoms with E-state index in [1.54, 1.807) is 33.4 Å². The number of pyridine rings is 1. The third-order valence-corrected chi connectivity index (χ3v) is 12.8. The van der Waals surface area contributed by atoms with Gasteiger partial charge >= 0.3 is 0 Å². The molecule has 0 aliphatic heterocycles. The normalized spacial score (nSPS) is 13.5. The Morgan fingerprint density at radius 3 is 1.93 bits per heavy atom. The van der Waals surface area contributed by atoms with Crippen LogP contribution in [0.1, 0.15) is 45.6 Å². The summed E-state index contributed by atoms with van der Waals surface area (Å²) in [5, 5.41) is 12.4. The molecule has 71 heavy (non-hydrogen) atoms. The number of nitriles is 1. The van der Waals surface area contributed by atoms with E-state index in [0.717, 1.165) is 49.9 Å². The summed E-state index contributed by atoms with van der Waals surface area (Å²) in [6.07, 6.45) is 5.37. The molecule has 9 aromatic carbocycles. The predicted molar refractivity (Wildman–Crippen MR) is 287 cm³/mol. The molecule has 6 heteroatoms. The molecule has 0 amide bonds. The molecule has 0 atom stereocenters. The quantitative estimate of drug-likeness (QED) is 0.107. The zero-order chi connectivity index (χ0) is 56.8. The lowest BCUT2D eigenvalue weighted by Crippen LogP contribution is -2.31. The van der Waals surface area contributed by atoms with Gasteiger partial charge in [-0.1, -0.05) is 184 Å². The third-order valence-electron chi connectivity index (χ3n) is 12.8. The molecule has 0 unspecified atom stereocenters. The summed E-state index contributed by atoms with van der Waals surface area (Å²) in [5.74, 6) is 1.71. The molecule has 0 radical (unpaired) electrons. The summed E-state index contributed by atoms with van der Waals surface area (Å²) in [6, 6.07) is 48.4. The Balaban J connectivity index is 1.12. The lowest BCUT2D eigenvalue weighted by molar-refractivity contribution is -0.571. The average Bonchev–Trinajstić information content (AvgIpc) is 4.25. The van der Waals surface area contributed by atoms with Crippen molar-refractivity contribution in [3.8, 4) is 79.3 Å². The first-order chi connectivity index (χ1) is 38.9. The summed E-state index contributed by atoms with van der Waals surface area (Å²) < 4.78 is 101. The van der Waals surface area contributed by atoms with Crippen LogP contribution in [0.25, 0.3) is 94.5 Å². The summed E-state index contributed by atoms with van der Waals surface area (Å²) in [6.45, 7) is 6.52. The van der Waals surface area contributed by atoms with Gasteiger partial charge in [-0.05, 0) is 105 Å². The minimum absolute atomic E-state index is 0.122. The number of nitrogens with zero attached hydrogens (tertiary/aromatic N) is 5. The van der Waals surface area contributed by atoms with Crippen molar-refractivity contribution in [1.82, 2.24) is 14.1 Å². The molecule has 0 N–H and O–H groups in total. The number of rotatable bonds is 9. The highest BCUT2D eigenvalue weighted by molar-refractivity contribution is 6.09. The number of hydrogen-bond donors (Lipinski definition) is 0.